The molecule has 0 aliphatic rings. The average molecular weight is 398 g/mol. The van der Waals surface area contributed by atoms with Crippen LogP contribution in [0.2, 0.25) is 10.0 Å². The maximum absolute atomic E-state index is 12.0. The second-order valence-corrected chi connectivity index (χ2v) is 6.89. The zero-order valence-corrected chi connectivity index (χ0v) is 15.9. The summed E-state index contributed by atoms with van der Waals surface area (Å²) in [6.45, 7) is 2.05. The van der Waals surface area contributed by atoms with Crippen molar-refractivity contribution in [1.29, 1.82) is 0 Å². The molecule has 0 bridgehead atoms. The largest absolute Gasteiger partial charge is 0.462 e. The second-order valence-electron chi connectivity index (χ2n) is 5.09. The van der Waals surface area contributed by atoms with E-state index in [2.05, 4.69) is 5.32 Å². The van der Waals surface area contributed by atoms with Crippen LogP contribution in [0.25, 0.3) is 0 Å². The molecule has 0 atom stereocenters. The Morgan fingerprint density at radius 3 is 2.64 bits per heavy atom. The van der Waals surface area contributed by atoms with Crippen LogP contribution in [0, 0.1) is 0 Å². The first kappa shape index (κ1) is 19.6. The zero-order valence-electron chi connectivity index (χ0n) is 13.6. The van der Waals surface area contributed by atoms with Gasteiger partial charge in [0.1, 0.15) is 0 Å². The Kier molecular flexibility index (Phi) is 7.62. The van der Waals surface area contributed by atoms with Crippen molar-refractivity contribution in [2.75, 3.05) is 17.7 Å². The molecule has 0 aromatic heterocycles. The van der Waals surface area contributed by atoms with Gasteiger partial charge in [-0.1, -0.05) is 35.3 Å². The van der Waals surface area contributed by atoms with Gasteiger partial charge in [-0.15, -0.1) is 11.8 Å². The van der Waals surface area contributed by atoms with Gasteiger partial charge in [-0.3, -0.25) is 4.79 Å². The number of hydrogen-bond donors (Lipinski definition) is 1. The summed E-state index contributed by atoms with van der Waals surface area (Å²) >= 11 is 13.3. The molecular weight excluding hydrogens is 381 g/mol. The van der Waals surface area contributed by atoms with Crippen LogP contribution < -0.4 is 5.32 Å². The van der Waals surface area contributed by atoms with Gasteiger partial charge in [0.15, 0.2) is 0 Å². The number of nitrogens with one attached hydrogen (secondary N) is 1. The van der Waals surface area contributed by atoms with Crippen molar-refractivity contribution >= 4 is 52.5 Å². The lowest BCUT2D eigenvalue weighted by molar-refractivity contribution is -0.113. The predicted octanol–water partition coefficient (Wildman–Crippen LogP) is 5.04. The summed E-state index contributed by atoms with van der Waals surface area (Å²) in [5, 5.41) is 3.78. The first-order chi connectivity index (χ1) is 12.0. The third kappa shape index (κ3) is 6.27. The number of rotatable bonds is 7. The van der Waals surface area contributed by atoms with Crippen LogP contribution >= 0.6 is 35.0 Å². The number of hydrogen-bond acceptors (Lipinski definition) is 4. The van der Waals surface area contributed by atoms with Crippen molar-refractivity contribution in [1.82, 2.24) is 0 Å². The summed E-state index contributed by atoms with van der Waals surface area (Å²) in [5.41, 5.74) is 1.96. The van der Waals surface area contributed by atoms with Crippen LogP contribution in [-0.2, 0) is 15.3 Å². The molecule has 0 heterocycles. The average Bonchev–Trinajstić information content (AvgIpc) is 2.58. The molecule has 2 rings (SSSR count). The van der Waals surface area contributed by atoms with Gasteiger partial charge in [-0.2, -0.15) is 0 Å². The summed E-state index contributed by atoms with van der Waals surface area (Å²) < 4.78 is 4.94. The van der Waals surface area contributed by atoms with Gasteiger partial charge in [0.2, 0.25) is 5.91 Å². The molecule has 0 aliphatic heterocycles. The van der Waals surface area contributed by atoms with E-state index in [9.17, 15) is 9.59 Å². The molecule has 25 heavy (non-hydrogen) atoms. The summed E-state index contributed by atoms with van der Waals surface area (Å²) in [6.07, 6.45) is 0. The maximum atomic E-state index is 12.0. The molecule has 7 heteroatoms. The minimum absolute atomic E-state index is 0.147. The normalized spacial score (nSPS) is 10.4. The fraction of sp³-hybridized carbons (Fsp3) is 0.222. The summed E-state index contributed by atoms with van der Waals surface area (Å²) in [4.78, 5) is 23.7. The van der Waals surface area contributed by atoms with Gasteiger partial charge in [0.05, 0.1) is 28.0 Å². The quantitative estimate of drug-likeness (QED) is 0.664. The van der Waals surface area contributed by atoms with Crippen molar-refractivity contribution in [3.05, 3.63) is 63.6 Å². The van der Waals surface area contributed by atoms with E-state index in [0.717, 1.165) is 5.56 Å². The van der Waals surface area contributed by atoms with Crippen molar-refractivity contribution in [2.24, 2.45) is 0 Å². The van der Waals surface area contributed by atoms with Crippen LogP contribution in [0.5, 0.6) is 0 Å². The lowest BCUT2D eigenvalue weighted by Crippen LogP contribution is -2.15. The standard InChI is InChI=1S/C18H17Cl2NO3S/c1-2-24-18(23)13-4-3-5-14(9-13)21-17(22)11-25-10-12-6-7-15(19)16(20)8-12/h3-9H,2,10-11H2,1H3,(H,21,22). The van der Waals surface area contributed by atoms with E-state index in [0.29, 0.717) is 33.7 Å². The Balaban J connectivity index is 1.84. The Bertz CT molecular complexity index is 768. The molecule has 0 fully saturated rings. The smallest absolute Gasteiger partial charge is 0.338 e. The first-order valence-electron chi connectivity index (χ1n) is 7.58. The Hall–Kier alpha value is -1.69. The van der Waals surface area contributed by atoms with E-state index in [1.165, 1.54) is 11.8 Å². The SMILES string of the molecule is CCOC(=O)c1cccc(NC(=O)CSCc2ccc(Cl)c(Cl)c2)c1. The molecular formula is C18H17Cl2NO3S. The third-order valence-electron chi connectivity index (χ3n) is 3.14. The Labute approximate surface area is 160 Å². The molecule has 2 aromatic rings. The highest BCUT2D eigenvalue weighted by Crippen LogP contribution is 2.24. The third-order valence-corrected chi connectivity index (χ3v) is 4.89. The minimum atomic E-state index is -0.410. The molecule has 0 aliphatic carbocycles. The molecule has 0 radical (unpaired) electrons. The summed E-state index contributed by atoms with van der Waals surface area (Å²) in [6, 6.07) is 12.1. The molecule has 1 N–H and O–H groups in total. The van der Waals surface area contributed by atoms with Gasteiger partial charge in [0.25, 0.3) is 0 Å². The molecule has 0 spiro atoms. The Morgan fingerprint density at radius 1 is 1.12 bits per heavy atom. The number of anilines is 1. The number of thioether (sulfide) groups is 1. The van der Waals surface area contributed by atoms with E-state index in [4.69, 9.17) is 27.9 Å². The van der Waals surface area contributed by atoms with Crippen LogP contribution in [0.3, 0.4) is 0 Å². The van der Waals surface area contributed by atoms with Crippen LogP contribution in [0.4, 0.5) is 5.69 Å². The minimum Gasteiger partial charge on any atom is -0.462 e. The zero-order chi connectivity index (χ0) is 18.2. The predicted molar refractivity (Wildman–Crippen MR) is 104 cm³/mol. The topological polar surface area (TPSA) is 55.4 Å². The van der Waals surface area contributed by atoms with E-state index < -0.39 is 5.97 Å². The van der Waals surface area contributed by atoms with Gasteiger partial charge in [-0.05, 0) is 42.8 Å². The van der Waals surface area contributed by atoms with E-state index >= 15 is 0 Å². The van der Waals surface area contributed by atoms with Gasteiger partial charge in [-0.25, -0.2) is 4.79 Å². The lowest BCUT2D eigenvalue weighted by Gasteiger charge is -2.08. The Morgan fingerprint density at radius 2 is 1.92 bits per heavy atom. The van der Waals surface area contributed by atoms with Crippen molar-refractivity contribution in [3.8, 4) is 0 Å². The second kappa shape index (κ2) is 9.70. The van der Waals surface area contributed by atoms with Crippen LogP contribution in [-0.4, -0.2) is 24.2 Å². The van der Waals surface area contributed by atoms with Gasteiger partial charge in [0, 0.05) is 11.4 Å². The van der Waals surface area contributed by atoms with Crippen molar-refractivity contribution in [3.63, 3.8) is 0 Å². The monoisotopic (exact) mass is 397 g/mol. The molecule has 132 valence electrons. The van der Waals surface area contributed by atoms with Crippen molar-refractivity contribution < 1.29 is 14.3 Å². The number of amides is 1. The highest BCUT2D eigenvalue weighted by atomic mass is 35.5. The molecule has 2 aromatic carbocycles. The maximum Gasteiger partial charge on any atom is 0.338 e. The number of carbonyl (C=O) groups excluding carboxylic acids is 2. The number of benzene rings is 2. The molecule has 0 saturated carbocycles. The van der Waals surface area contributed by atoms with Crippen LogP contribution in [0.1, 0.15) is 22.8 Å². The highest BCUT2D eigenvalue weighted by Gasteiger charge is 2.09. The molecule has 4 nitrogen and oxygen atoms in total. The molecule has 0 saturated heterocycles. The van der Waals surface area contributed by atoms with E-state index in [-0.39, 0.29) is 11.7 Å². The molecule has 1 amide bonds. The fourth-order valence-electron chi connectivity index (χ4n) is 2.03. The number of carbonyl (C=O) groups is 2. The lowest BCUT2D eigenvalue weighted by atomic mass is 10.2. The van der Waals surface area contributed by atoms with Gasteiger partial charge >= 0.3 is 5.97 Å². The number of esters is 1. The fourth-order valence-corrected chi connectivity index (χ4v) is 3.12. The van der Waals surface area contributed by atoms with E-state index in [1.54, 1.807) is 43.3 Å². The highest BCUT2D eigenvalue weighted by molar-refractivity contribution is 7.99. The van der Waals surface area contributed by atoms with Gasteiger partial charge < -0.3 is 10.1 Å². The van der Waals surface area contributed by atoms with Crippen molar-refractivity contribution in [2.45, 2.75) is 12.7 Å². The summed E-state index contributed by atoms with van der Waals surface area (Å²) in [5.74, 6) is 0.371. The number of ether oxygens (including phenoxy) is 1. The first-order valence-corrected chi connectivity index (χ1v) is 9.49. The van der Waals surface area contributed by atoms with E-state index in [1.807, 2.05) is 6.07 Å². The van der Waals surface area contributed by atoms with Crippen LogP contribution in [0.15, 0.2) is 42.5 Å². The summed E-state index contributed by atoms with van der Waals surface area (Å²) in [7, 11) is 0. The molecule has 0 unspecified atom stereocenters. The number of halogens is 2.